The number of hydrogen-bond acceptors (Lipinski definition) is 5. The van der Waals surface area contributed by atoms with Crippen molar-refractivity contribution in [1.29, 1.82) is 0 Å². The summed E-state index contributed by atoms with van der Waals surface area (Å²) in [5, 5.41) is 2.91. The van der Waals surface area contributed by atoms with E-state index in [0.29, 0.717) is 29.6 Å². The summed E-state index contributed by atoms with van der Waals surface area (Å²) < 4.78 is 1.46. The van der Waals surface area contributed by atoms with Crippen LogP contribution in [0.2, 0.25) is 0 Å². The van der Waals surface area contributed by atoms with E-state index >= 15 is 0 Å². The van der Waals surface area contributed by atoms with Gasteiger partial charge in [0.25, 0.3) is 5.56 Å². The standard InChI is InChI=1S/C28H32N4O3/c1-19-29-23-7-5-6-22(26(23)28(35)32(19)24-14-15-25(33)30-27(24)34)13-12-20-8-10-21(11-9-20)18-31-16-3-2-4-17-31/h5-11,24H,2-4,12-18H2,1H3,(H,30,33,34). The number of aryl methyl sites for hydroxylation is 3. The Labute approximate surface area is 205 Å². The second-order valence-corrected chi connectivity index (χ2v) is 9.77. The molecule has 3 heterocycles. The van der Waals surface area contributed by atoms with E-state index in [9.17, 15) is 14.4 Å². The normalized spacial score (nSPS) is 19.2. The lowest BCUT2D eigenvalue weighted by Crippen LogP contribution is -2.45. The van der Waals surface area contributed by atoms with Crippen LogP contribution >= 0.6 is 0 Å². The van der Waals surface area contributed by atoms with Gasteiger partial charge in [-0.05, 0) is 74.9 Å². The van der Waals surface area contributed by atoms with Gasteiger partial charge in [-0.15, -0.1) is 0 Å². The summed E-state index contributed by atoms with van der Waals surface area (Å²) in [5.74, 6) is -0.249. The number of rotatable bonds is 6. The SMILES string of the molecule is Cc1nc2cccc(CCc3ccc(CN4CCCCC4)cc3)c2c(=O)n1C1CCC(=O)NC1=O. The first-order valence-electron chi connectivity index (χ1n) is 12.6. The average Bonchev–Trinajstić information content (AvgIpc) is 2.85. The van der Waals surface area contributed by atoms with Crippen molar-refractivity contribution in [2.45, 2.75) is 64.5 Å². The first-order chi connectivity index (χ1) is 17.0. The lowest BCUT2D eigenvalue weighted by molar-refractivity contribution is -0.135. The molecule has 2 fully saturated rings. The molecule has 35 heavy (non-hydrogen) atoms. The van der Waals surface area contributed by atoms with Crippen molar-refractivity contribution in [3.63, 3.8) is 0 Å². The predicted molar refractivity (Wildman–Crippen MR) is 135 cm³/mol. The molecule has 1 aromatic heterocycles. The van der Waals surface area contributed by atoms with Crippen LogP contribution in [-0.4, -0.2) is 39.4 Å². The zero-order valence-corrected chi connectivity index (χ0v) is 20.3. The molecule has 2 aliphatic rings. The molecule has 7 heteroatoms. The maximum absolute atomic E-state index is 13.6. The summed E-state index contributed by atoms with van der Waals surface area (Å²) in [5.41, 5.74) is 3.93. The lowest BCUT2D eigenvalue weighted by atomic mass is 9.99. The lowest BCUT2D eigenvalue weighted by Gasteiger charge is -2.26. The Morgan fingerprint density at radius 1 is 0.943 bits per heavy atom. The van der Waals surface area contributed by atoms with Crippen LogP contribution in [0.25, 0.3) is 10.9 Å². The summed E-state index contributed by atoms with van der Waals surface area (Å²) in [4.78, 5) is 44.8. The Morgan fingerprint density at radius 3 is 2.43 bits per heavy atom. The molecule has 0 bridgehead atoms. The number of nitrogens with zero attached hydrogens (tertiary/aromatic N) is 3. The number of likely N-dealkylation sites (tertiary alicyclic amines) is 1. The number of amides is 2. The zero-order chi connectivity index (χ0) is 24.4. The molecular formula is C28H32N4O3. The Kier molecular flexibility index (Phi) is 6.77. The number of benzene rings is 2. The van der Waals surface area contributed by atoms with Crippen molar-refractivity contribution in [2.24, 2.45) is 0 Å². The molecule has 5 rings (SSSR count). The molecular weight excluding hydrogens is 440 g/mol. The first kappa shape index (κ1) is 23.4. The molecule has 2 amide bonds. The van der Waals surface area contributed by atoms with Gasteiger partial charge in [-0.25, -0.2) is 4.98 Å². The second-order valence-electron chi connectivity index (χ2n) is 9.77. The molecule has 0 aliphatic carbocycles. The van der Waals surface area contributed by atoms with Gasteiger partial charge in [0, 0.05) is 13.0 Å². The van der Waals surface area contributed by atoms with E-state index in [1.54, 1.807) is 6.92 Å². The minimum absolute atomic E-state index is 0.213. The largest absolute Gasteiger partial charge is 0.299 e. The number of hydrogen-bond donors (Lipinski definition) is 1. The molecule has 2 aromatic carbocycles. The quantitative estimate of drug-likeness (QED) is 0.556. The van der Waals surface area contributed by atoms with E-state index in [-0.39, 0.29) is 17.9 Å². The zero-order valence-electron chi connectivity index (χ0n) is 20.3. The monoisotopic (exact) mass is 472 g/mol. The van der Waals surface area contributed by atoms with E-state index in [1.807, 2.05) is 18.2 Å². The number of carbonyl (C=O) groups excluding carboxylic acids is 2. The van der Waals surface area contributed by atoms with Crippen molar-refractivity contribution in [3.8, 4) is 0 Å². The van der Waals surface area contributed by atoms with Gasteiger partial charge < -0.3 is 0 Å². The summed E-state index contributed by atoms with van der Waals surface area (Å²) in [6.07, 6.45) is 5.98. The fourth-order valence-electron chi connectivity index (χ4n) is 5.39. The molecule has 182 valence electrons. The van der Waals surface area contributed by atoms with Gasteiger partial charge in [0.2, 0.25) is 11.8 Å². The van der Waals surface area contributed by atoms with Crippen molar-refractivity contribution in [3.05, 3.63) is 75.3 Å². The van der Waals surface area contributed by atoms with Crippen molar-refractivity contribution in [1.82, 2.24) is 19.8 Å². The molecule has 7 nitrogen and oxygen atoms in total. The highest BCUT2D eigenvalue weighted by Crippen LogP contribution is 2.22. The summed E-state index contributed by atoms with van der Waals surface area (Å²) in [6, 6.07) is 13.8. The first-order valence-corrected chi connectivity index (χ1v) is 12.6. The topological polar surface area (TPSA) is 84.3 Å². The van der Waals surface area contributed by atoms with Gasteiger partial charge in [0.15, 0.2) is 0 Å². The van der Waals surface area contributed by atoms with E-state index in [4.69, 9.17) is 0 Å². The third-order valence-electron chi connectivity index (χ3n) is 7.27. The highest BCUT2D eigenvalue weighted by molar-refractivity contribution is 5.99. The Hall–Kier alpha value is -3.32. The van der Waals surface area contributed by atoms with E-state index < -0.39 is 11.9 Å². The number of nitrogens with one attached hydrogen (secondary N) is 1. The minimum atomic E-state index is -0.711. The van der Waals surface area contributed by atoms with Crippen LogP contribution in [0.3, 0.4) is 0 Å². The maximum Gasteiger partial charge on any atom is 0.262 e. The van der Waals surface area contributed by atoms with Gasteiger partial charge in [-0.3, -0.25) is 29.2 Å². The van der Waals surface area contributed by atoms with Crippen LogP contribution in [0, 0.1) is 6.92 Å². The molecule has 1 atom stereocenters. The van der Waals surface area contributed by atoms with Gasteiger partial charge in [0.05, 0.1) is 10.9 Å². The molecule has 0 spiro atoms. The highest BCUT2D eigenvalue weighted by Gasteiger charge is 2.30. The summed E-state index contributed by atoms with van der Waals surface area (Å²) in [7, 11) is 0. The summed E-state index contributed by atoms with van der Waals surface area (Å²) >= 11 is 0. The molecule has 0 radical (unpaired) electrons. The summed E-state index contributed by atoms with van der Waals surface area (Å²) in [6.45, 7) is 5.12. The number of aromatic nitrogens is 2. The Balaban J connectivity index is 1.36. The van der Waals surface area contributed by atoms with Gasteiger partial charge >= 0.3 is 0 Å². The van der Waals surface area contributed by atoms with Crippen LogP contribution in [0.1, 0.15) is 60.7 Å². The molecule has 2 saturated heterocycles. The predicted octanol–water partition coefficient (Wildman–Crippen LogP) is 3.45. The van der Waals surface area contributed by atoms with Crippen LogP contribution in [0.4, 0.5) is 0 Å². The van der Waals surface area contributed by atoms with Crippen LogP contribution in [0.5, 0.6) is 0 Å². The smallest absolute Gasteiger partial charge is 0.262 e. The molecule has 0 saturated carbocycles. The van der Waals surface area contributed by atoms with Gasteiger partial charge in [-0.1, -0.05) is 42.8 Å². The second kappa shape index (κ2) is 10.1. The van der Waals surface area contributed by atoms with Crippen LogP contribution in [-0.2, 0) is 29.0 Å². The third-order valence-corrected chi connectivity index (χ3v) is 7.27. The number of imide groups is 1. The number of fused-ring (bicyclic) bond motifs is 1. The Bertz CT molecular complexity index is 1310. The van der Waals surface area contributed by atoms with Crippen molar-refractivity contribution in [2.75, 3.05) is 13.1 Å². The molecule has 2 aliphatic heterocycles. The average molecular weight is 473 g/mol. The fourth-order valence-corrected chi connectivity index (χ4v) is 5.39. The molecule has 3 aromatic rings. The number of piperidine rings is 2. The maximum atomic E-state index is 13.6. The van der Waals surface area contributed by atoms with Crippen molar-refractivity contribution < 1.29 is 9.59 Å². The van der Waals surface area contributed by atoms with E-state index in [0.717, 1.165) is 18.5 Å². The van der Waals surface area contributed by atoms with Gasteiger partial charge in [-0.2, -0.15) is 0 Å². The van der Waals surface area contributed by atoms with Crippen LogP contribution in [0.15, 0.2) is 47.3 Å². The highest BCUT2D eigenvalue weighted by atomic mass is 16.2. The third kappa shape index (κ3) is 5.05. The van der Waals surface area contributed by atoms with E-state index in [1.165, 1.54) is 48.0 Å². The minimum Gasteiger partial charge on any atom is -0.299 e. The van der Waals surface area contributed by atoms with Crippen LogP contribution < -0.4 is 10.9 Å². The molecule has 1 N–H and O–H groups in total. The Morgan fingerprint density at radius 2 is 1.69 bits per heavy atom. The van der Waals surface area contributed by atoms with Gasteiger partial charge in [0.1, 0.15) is 11.9 Å². The molecule has 1 unspecified atom stereocenters. The van der Waals surface area contributed by atoms with Crippen molar-refractivity contribution >= 4 is 22.7 Å². The number of carbonyl (C=O) groups is 2. The van der Waals surface area contributed by atoms with E-state index in [2.05, 4.69) is 39.5 Å². The fraction of sp³-hybridized carbons (Fsp3) is 0.429.